The Kier molecular flexibility index (Phi) is 2.74. The number of pyridine rings is 1. The number of nitrogens with zero attached hydrogens (tertiary/aromatic N) is 1. The van der Waals surface area contributed by atoms with Crippen molar-refractivity contribution >= 4 is 12.4 Å². The van der Waals surface area contributed by atoms with E-state index in [0.29, 0.717) is 12.0 Å². The molecule has 0 N–H and O–H groups in total. The highest BCUT2D eigenvalue weighted by Crippen LogP contribution is 2.21. The summed E-state index contributed by atoms with van der Waals surface area (Å²) in [4.78, 5) is 14.1. The highest BCUT2D eigenvalue weighted by molar-refractivity contribution is 5.73. The number of carbonyl (C=O) groups excluding carboxylic acids is 1. The first-order valence-electron chi connectivity index (χ1n) is 4.52. The van der Waals surface area contributed by atoms with Crippen molar-refractivity contribution in [3.63, 3.8) is 0 Å². The molecule has 0 fully saturated rings. The normalized spacial score (nSPS) is 10.7. The van der Waals surface area contributed by atoms with Crippen LogP contribution in [0.5, 0.6) is 0 Å². The number of hydrogen-bond acceptors (Lipinski definition) is 3. The molecule has 0 unspecified atom stereocenters. The van der Waals surface area contributed by atoms with Gasteiger partial charge in [0.25, 0.3) is 0 Å². The van der Waals surface area contributed by atoms with E-state index in [0.717, 1.165) is 11.3 Å². The van der Waals surface area contributed by atoms with E-state index in [9.17, 15) is 4.79 Å². The van der Waals surface area contributed by atoms with Crippen LogP contribution in [0.15, 0.2) is 47.2 Å². The van der Waals surface area contributed by atoms with Crippen LogP contribution in [-0.2, 0) is 4.79 Å². The molecular formula is C12H9NO2. The van der Waals surface area contributed by atoms with Gasteiger partial charge in [0, 0.05) is 18.0 Å². The fourth-order valence-corrected chi connectivity index (χ4v) is 1.24. The van der Waals surface area contributed by atoms with Gasteiger partial charge in [0.2, 0.25) is 0 Å². The largest absolute Gasteiger partial charge is 0.457 e. The highest BCUT2D eigenvalue weighted by atomic mass is 16.3. The number of allylic oxidation sites excluding steroid dienone is 1. The Hall–Kier alpha value is -2.16. The van der Waals surface area contributed by atoms with Crippen molar-refractivity contribution in [2.75, 3.05) is 0 Å². The maximum Gasteiger partial charge on any atom is 0.142 e. The first-order valence-corrected chi connectivity index (χ1v) is 4.52. The van der Waals surface area contributed by atoms with Crippen LogP contribution in [-0.4, -0.2) is 11.3 Å². The molecule has 3 heteroatoms. The molecule has 0 bridgehead atoms. The van der Waals surface area contributed by atoms with E-state index < -0.39 is 0 Å². The first-order chi connectivity index (χ1) is 7.40. The summed E-state index contributed by atoms with van der Waals surface area (Å²) in [6.07, 6.45) is 7.16. The van der Waals surface area contributed by atoms with Crippen molar-refractivity contribution in [2.45, 2.75) is 0 Å². The molecule has 0 spiro atoms. The van der Waals surface area contributed by atoms with E-state index >= 15 is 0 Å². The van der Waals surface area contributed by atoms with Gasteiger partial charge in [-0.15, -0.1) is 0 Å². The third kappa shape index (κ3) is 2.20. The Morgan fingerprint density at radius 2 is 2.20 bits per heavy atom. The summed E-state index contributed by atoms with van der Waals surface area (Å²) < 4.78 is 5.49. The van der Waals surface area contributed by atoms with Crippen molar-refractivity contribution in [3.05, 3.63) is 48.5 Å². The quantitative estimate of drug-likeness (QED) is 0.563. The smallest absolute Gasteiger partial charge is 0.142 e. The molecule has 15 heavy (non-hydrogen) atoms. The van der Waals surface area contributed by atoms with Crippen LogP contribution in [0.1, 0.15) is 5.76 Å². The van der Waals surface area contributed by atoms with E-state index in [2.05, 4.69) is 4.98 Å². The SMILES string of the molecule is O=CC=Cc1ccc(-c2cccnc2)o1. The number of furan rings is 1. The molecular weight excluding hydrogens is 190 g/mol. The third-order valence-corrected chi connectivity index (χ3v) is 1.91. The summed E-state index contributed by atoms with van der Waals surface area (Å²) in [5.74, 6) is 1.40. The lowest BCUT2D eigenvalue weighted by Gasteiger charge is -1.93. The van der Waals surface area contributed by atoms with Gasteiger partial charge in [-0.1, -0.05) is 0 Å². The summed E-state index contributed by atoms with van der Waals surface area (Å²) in [6, 6.07) is 7.42. The minimum absolute atomic E-state index is 0.654. The van der Waals surface area contributed by atoms with Gasteiger partial charge in [0.1, 0.15) is 17.8 Å². The molecule has 0 saturated carbocycles. The van der Waals surface area contributed by atoms with Gasteiger partial charge in [0.05, 0.1) is 0 Å². The van der Waals surface area contributed by atoms with Crippen LogP contribution in [0.2, 0.25) is 0 Å². The zero-order chi connectivity index (χ0) is 10.5. The summed E-state index contributed by atoms with van der Waals surface area (Å²) in [5.41, 5.74) is 0.920. The Labute approximate surface area is 87.1 Å². The monoisotopic (exact) mass is 199 g/mol. The number of aldehydes is 1. The van der Waals surface area contributed by atoms with E-state index in [1.165, 1.54) is 6.08 Å². The average molecular weight is 199 g/mol. The van der Waals surface area contributed by atoms with E-state index in [-0.39, 0.29) is 0 Å². The summed E-state index contributed by atoms with van der Waals surface area (Å²) in [5, 5.41) is 0. The maximum absolute atomic E-state index is 10.1. The molecule has 74 valence electrons. The van der Waals surface area contributed by atoms with Gasteiger partial charge in [0.15, 0.2) is 0 Å². The second kappa shape index (κ2) is 4.37. The van der Waals surface area contributed by atoms with Crippen LogP contribution in [0.3, 0.4) is 0 Å². The first kappa shape index (κ1) is 9.40. The molecule has 2 heterocycles. The van der Waals surface area contributed by atoms with Gasteiger partial charge >= 0.3 is 0 Å². The second-order valence-electron chi connectivity index (χ2n) is 2.94. The molecule has 0 atom stereocenters. The van der Waals surface area contributed by atoms with E-state index in [1.807, 2.05) is 24.3 Å². The van der Waals surface area contributed by atoms with E-state index in [1.54, 1.807) is 18.5 Å². The molecule has 0 saturated heterocycles. The second-order valence-corrected chi connectivity index (χ2v) is 2.94. The topological polar surface area (TPSA) is 43.1 Å². The van der Waals surface area contributed by atoms with Gasteiger partial charge in [-0.2, -0.15) is 0 Å². The zero-order valence-corrected chi connectivity index (χ0v) is 7.96. The van der Waals surface area contributed by atoms with Gasteiger partial charge in [-0.25, -0.2) is 0 Å². The summed E-state index contributed by atoms with van der Waals surface area (Å²) in [7, 11) is 0. The standard InChI is InChI=1S/C12H9NO2/c14-8-2-4-11-5-6-12(15-11)10-3-1-7-13-9-10/h1-9H. The number of rotatable bonds is 3. The molecule has 2 aromatic rings. The highest BCUT2D eigenvalue weighted by Gasteiger charge is 2.01. The molecule has 2 aromatic heterocycles. The molecule has 0 aliphatic heterocycles. The van der Waals surface area contributed by atoms with Crippen LogP contribution in [0.4, 0.5) is 0 Å². The summed E-state index contributed by atoms with van der Waals surface area (Å²) >= 11 is 0. The lowest BCUT2D eigenvalue weighted by molar-refractivity contribution is -0.104. The van der Waals surface area contributed by atoms with Crippen molar-refractivity contribution in [3.8, 4) is 11.3 Å². The zero-order valence-electron chi connectivity index (χ0n) is 7.96. The van der Waals surface area contributed by atoms with Crippen LogP contribution in [0.25, 0.3) is 17.4 Å². The number of aromatic nitrogens is 1. The average Bonchev–Trinajstić information content (AvgIpc) is 2.76. The molecule has 0 aliphatic carbocycles. The Balaban J connectivity index is 2.28. The minimum Gasteiger partial charge on any atom is -0.457 e. The predicted octanol–water partition coefficient (Wildman–Crippen LogP) is 2.55. The minimum atomic E-state index is 0.654. The van der Waals surface area contributed by atoms with E-state index in [4.69, 9.17) is 4.42 Å². The van der Waals surface area contributed by atoms with Crippen molar-refractivity contribution in [1.29, 1.82) is 0 Å². The van der Waals surface area contributed by atoms with Crippen LogP contribution in [0, 0.1) is 0 Å². The maximum atomic E-state index is 10.1. The van der Waals surface area contributed by atoms with Crippen molar-refractivity contribution < 1.29 is 9.21 Å². The van der Waals surface area contributed by atoms with Gasteiger partial charge in [-0.3, -0.25) is 9.78 Å². The van der Waals surface area contributed by atoms with Gasteiger partial charge < -0.3 is 4.42 Å². The summed E-state index contributed by atoms with van der Waals surface area (Å²) in [6.45, 7) is 0. The fourth-order valence-electron chi connectivity index (χ4n) is 1.24. The number of carbonyl (C=O) groups is 1. The third-order valence-electron chi connectivity index (χ3n) is 1.91. The van der Waals surface area contributed by atoms with Gasteiger partial charge in [-0.05, 0) is 36.4 Å². The van der Waals surface area contributed by atoms with Crippen molar-refractivity contribution in [1.82, 2.24) is 4.98 Å². The Morgan fingerprint density at radius 3 is 2.93 bits per heavy atom. The molecule has 0 amide bonds. The van der Waals surface area contributed by atoms with Crippen LogP contribution >= 0.6 is 0 Å². The lowest BCUT2D eigenvalue weighted by Crippen LogP contribution is -1.74. The molecule has 0 aliphatic rings. The number of hydrogen-bond donors (Lipinski definition) is 0. The van der Waals surface area contributed by atoms with Crippen LogP contribution < -0.4 is 0 Å². The Morgan fingerprint density at radius 1 is 1.27 bits per heavy atom. The molecule has 3 nitrogen and oxygen atoms in total. The molecule has 0 aromatic carbocycles. The lowest BCUT2D eigenvalue weighted by atomic mass is 10.2. The molecule has 0 radical (unpaired) electrons. The van der Waals surface area contributed by atoms with Crippen molar-refractivity contribution in [2.24, 2.45) is 0 Å². The fraction of sp³-hybridized carbons (Fsp3) is 0. The predicted molar refractivity (Wildman–Crippen MR) is 57.0 cm³/mol. The Bertz CT molecular complexity index is 471. The molecule has 2 rings (SSSR count).